The summed E-state index contributed by atoms with van der Waals surface area (Å²) in [7, 11) is 0. The average molecular weight is 254 g/mol. The minimum absolute atomic E-state index is 0.143. The standard InChI is InChI=1S/C14H11FN4/c1-8-11(15)13(16)19-14(18-8)10-6-2-4-9-5-3-7-17-12(9)10/h2-7H,1H3,(H2,16,18,19). The van der Waals surface area contributed by atoms with Gasteiger partial charge in [0.2, 0.25) is 0 Å². The lowest BCUT2D eigenvalue weighted by atomic mass is 10.1. The molecule has 3 aromatic rings. The molecule has 0 atom stereocenters. The maximum absolute atomic E-state index is 13.5. The lowest BCUT2D eigenvalue weighted by molar-refractivity contribution is 0.608. The molecule has 0 saturated heterocycles. The topological polar surface area (TPSA) is 64.7 Å². The molecule has 94 valence electrons. The molecule has 0 aliphatic carbocycles. The van der Waals surface area contributed by atoms with Crippen LogP contribution < -0.4 is 5.73 Å². The fourth-order valence-corrected chi connectivity index (χ4v) is 1.99. The second-order valence-corrected chi connectivity index (χ2v) is 4.21. The van der Waals surface area contributed by atoms with Crippen molar-refractivity contribution < 1.29 is 4.39 Å². The van der Waals surface area contributed by atoms with Crippen molar-refractivity contribution in [2.75, 3.05) is 5.73 Å². The SMILES string of the molecule is Cc1nc(-c2cccc3cccnc23)nc(N)c1F. The molecule has 4 nitrogen and oxygen atoms in total. The molecule has 0 bridgehead atoms. The second-order valence-electron chi connectivity index (χ2n) is 4.21. The first-order valence-corrected chi connectivity index (χ1v) is 5.80. The monoisotopic (exact) mass is 254 g/mol. The van der Waals surface area contributed by atoms with Crippen molar-refractivity contribution in [1.82, 2.24) is 15.0 Å². The predicted molar refractivity (Wildman–Crippen MR) is 71.9 cm³/mol. The number of hydrogen-bond acceptors (Lipinski definition) is 4. The molecule has 0 fully saturated rings. The quantitative estimate of drug-likeness (QED) is 0.725. The van der Waals surface area contributed by atoms with Crippen molar-refractivity contribution in [1.29, 1.82) is 0 Å². The number of anilines is 1. The predicted octanol–water partition coefficient (Wildman–Crippen LogP) is 2.72. The number of rotatable bonds is 1. The molecular formula is C14H11FN4. The Morgan fingerprint density at radius 2 is 1.89 bits per heavy atom. The smallest absolute Gasteiger partial charge is 0.186 e. The highest BCUT2D eigenvalue weighted by Crippen LogP contribution is 2.25. The van der Waals surface area contributed by atoms with Gasteiger partial charge >= 0.3 is 0 Å². The van der Waals surface area contributed by atoms with Crippen molar-refractivity contribution >= 4 is 16.7 Å². The Bertz CT molecular complexity index is 742. The number of nitrogens with two attached hydrogens (primary N) is 1. The Morgan fingerprint density at radius 3 is 2.68 bits per heavy atom. The number of aromatic nitrogens is 3. The highest BCUT2D eigenvalue weighted by atomic mass is 19.1. The largest absolute Gasteiger partial charge is 0.381 e. The van der Waals surface area contributed by atoms with Gasteiger partial charge < -0.3 is 5.73 Å². The Balaban J connectivity index is 2.31. The van der Waals surface area contributed by atoms with Gasteiger partial charge in [-0.2, -0.15) is 0 Å². The third-order valence-corrected chi connectivity index (χ3v) is 2.92. The minimum Gasteiger partial charge on any atom is -0.381 e. The van der Waals surface area contributed by atoms with Crippen molar-refractivity contribution in [3.63, 3.8) is 0 Å². The first-order valence-electron chi connectivity index (χ1n) is 5.80. The number of fused-ring (bicyclic) bond motifs is 1. The van der Waals surface area contributed by atoms with Crippen molar-refractivity contribution in [2.45, 2.75) is 6.92 Å². The number of benzene rings is 1. The van der Waals surface area contributed by atoms with Crippen LogP contribution in [0.4, 0.5) is 10.2 Å². The fraction of sp³-hybridized carbons (Fsp3) is 0.0714. The summed E-state index contributed by atoms with van der Waals surface area (Å²) in [4.78, 5) is 12.5. The van der Waals surface area contributed by atoms with Crippen LogP contribution in [0.2, 0.25) is 0 Å². The Morgan fingerprint density at radius 1 is 1.11 bits per heavy atom. The van der Waals surface area contributed by atoms with Crippen molar-refractivity contribution in [2.24, 2.45) is 0 Å². The van der Waals surface area contributed by atoms with E-state index in [-0.39, 0.29) is 11.5 Å². The van der Waals surface area contributed by atoms with Gasteiger partial charge in [-0.15, -0.1) is 0 Å². The summed E-state index contributed by atoms with van der Waals surface area (Å²) in [6.07, 6.45) is 1.70. The first-order chi connectivity index (χ1) is 9.16. The highest BCUT2D eigenvalue weighted by Gasteiger charge is 2.12. The van der Waals surface area contributed by atoms with Gasteiger partial charge in [0.25, 0.3) is 0 Å². The Kier molecular flexibility index (Phi) is 2.59. The summed E-state index contributed by atoms with van der Waals surface area (Å²) in [5.74, 6) is -0.326. The highest BCUT2D eigenvalue weighted by molar-refractivity contribution is 5.91. The third-order valence-electron chi connectivity index (χ3n) is 2.92. The molecule has 0 aliphatic heterocycles. The van der Waals surface area contributed by atoms with E-state index >= 15 is 0 Å². The maximum Gasteiger partial charge on any atom is 0.186 e. The lowest BCUT2D eigenvalue weighted by Gasteiger charge is -2.07. The summed E-state index contributed by atoms with van der Waals surface area (Å²) < 4.78 is 13.5. The number of nitrogens with zero attached hydrogens (tertiary/aromatic N) is 3. The lowest BCUT2D eigenvalue weighted by Crippen LogP contribution is -2.03. The summed E-state index contributed by atoms with van der Waals surface area (Å²) >= 11 is 0. The number of pyridine rings is 1. The molecule has 0 spiro atoms. The molecule has 1 aromatic carbocycles. The molecule has 0 unspecified atom stereocenters. The summed E-state index contributed by atoms with van der Waals surface area (Å²) in [5.41, 5.74) is 7.31. The van der Waals surface area contributed by atoms with E-state index in [4.69, 9.17) is 5.73 Å². The number of para-hydroxylation sites is 1. The third kappa shape index (κ3) is 1.89. The van der Waals surface area contributed by atoms with E-state index in [0.29, 0.717) is 5.82 Å². The molecule has 0 radical (unpaired) electrons. The number of hydrogen-bond donors (Lipinski definition) is 1. The van der Waals surface area contributed by atoms with Gasteiger partial charge in [0.1, 0.15) is 0 Å². The van der Waals surface area contributed by atoms with Gasteiger partial charge in [-0.25, -0.2) is 14.4 Å². The summed E-state index contributed by atoms with van der Waals surface area (Å²) in [6, 6.07) is 9.49. The van der Waals surface area contributed by atoms with E-state index in [1.807, 2.05) is 30.3 Å². The zero-order valence-electron chi connectivity index (χ0n) is 10.3. The van der Waals surface area contributed by atoms with E-state index in [0.717, 1.165) is 16.5 Å². The molecule has 2 heterocycles. The zero-order valence-corrected chi connectivity index (χ0v) is 10.3. The molecule has 0 amide bonds. The second kappa shape index (κ2) is 4.28. The van der Waals surface area contributed by atoms with Gasteiger partial charge in [0.15, 0.2) is 17.5 Å². The van der Waals surface area contributed by atoms with Crippen molar-refractivity contribution in [3.05, 3.63) is 48.0 Å². The molecule has 2 N–H and O–H groups in total. The van der Waals surface area contributed by atoms with E-state index in [9.17, 15) is 4.39 Å². The van der Waals surface area contributed by atoms with E-state index < -0.39 is 5.82 Å². The van der Waals surface area contributed by atoms with Crippen LogP contribution in [0.15, 0.2) is 36.5 Å². The number of aryl methyl sites for hydroxylation is 1. The molecule has 5 heteroatoms. The number of halogens is 1. The van der Waals surface area contributed by atoms with E-state index in [1.54, 1.807) is 13.1 Å². The summed E-state index contributed by atoms with van der Waals surface area (Å²) in [5, 5.41) is 0.976. The van der Waals surface area contributed by atoms with Gasteiger partial charge in [-0.05, 0) is 19.1 Å². The van der Waals surface area contributed by atoms with Gasteiger partial charge in [0.05, 0.1) is 11.2 Å². The fourth-order valence-electron chi connectivity index (χ4n) is 1.99. The molecule has 0 aliphatic rings. The van der Waals surface area contributed by atoms with Gasteiger partial charge in [-0.1, -0.05) is 18.2 Å². The van der Waals surface area contributed by atoms with Crippen LogP contribution in [-0.4, -0.2) is 15.0 Å². The van der Waals surface area contributed by atoms with E-state index in [1.165, 1.54) is 0 Å². The average Bonchev–Trinajstić information content (AvgIpc) is 2.43. The minimum atomic E-state index is -0.572. The Hall–Kier alpha value is -2.56. The van der Waals surface area contributed by atoms with Gasteiger partial charge in [-0.3, -0.25) is 4.98 Å². The normalized spacial score (nSPS) is 10.8. The van der Waals surface area contributed by atoms with E-state index in [2.05, 4.69) is 15.0 Å². The van der Waals surface area contributed by atoms with Crippen LogP contribution in [0.5, 0.6) is 0 Å². The zero-order chi connectivity index (χ0) is 13.4. The molecule has 2 aromatic heterocycles. The molecule has 19 heavy (non-hydrogen) atoms. The van der Waals surface area contributed by atoms with Crippen LogP contribution in [0, 0.1) is 12.7 Å². The first kappa shape index (κ1) is 11.5. The van der Waals surface area contributed by atoms with Crippen LogP contribution in [0.1, 0.15) is 5.69 Å². The van der Waals surface area contributed by atoms with Crippen molar-refractivity contribution in [3.8, 4) is 11.4 Å². The van der Waals surface area contributed by atoms with Gasteiger partial charge in [0, 0.05) is 17.1 Å². The maximum atomic E-state index is 13.5. The van der Waals surface area contributed by atoms with Crippen LogP contribution >= 0.6 is 0 Å². The van der Waals surface area contributed by atoms with Crippen LogP contribution in [0.25, 0.3) is 22.3 Å². The molecule has 3 rings (SSSR count). The summed E-state index contributed by atoms with van der Waals surface area (Å²) in [6.45, 7) is 1.56. The number of nitrogen functional groups attached to an aromatic ring is 1. The molecular weight excluding hydrogens is 243 g/mol. The Labute approximate surface area is 109 Å². The molecule has 0 saturated carbocycles. The van der Waals surface area contributed by atoms with Crippen LogP contribution in [-0.2, 0) is 0 Å². The van der Waals surface area contributed by atoms with Crippen LogP contribution in [0.3, 0.4) is 0 Å².